The van der Waals surface area contributed by atoms with E-state index in [0.29, 0.717) is 17.6 Å². The molecule has 0 aliphatic heterocycles. The van der Waals surface area contributed by atoms with Gasteiger partial charge in [-0.2, -0.15) is 5.10 Å². The largest absolute Gasteiger partial charge is 0.366 e. The molecule has 0 atom stereocenters. The minimum atomic E-state index is 0.499. The number of anilines is 1. The van der Waals surface area contributed by atoms with Crippen LogP contribution in [-0.2, 0) is 13.6 Å². The van der Waals surface area contributed by atoms with E-state index in [1.165, 1.54) is 12.8 Å². The Morgan fingerprint density at radius 1 is 1.42 bits per heavy atom. The summed E-state index contributed by atoms with van der Waals surface area (Å²) in [6.07, 6.45) is 4.20. The lowest BCUT2D eigenvalue weighted by Crippen LogP contribution is -2.05. The Labute approximate surface area is 117 Å². The normalized spacial score (nSPS) is 14.7. The number of halogens is 1. The Bertz CT molecular complexity index is 603. The zero-order valence-corrected chi connectivity index (χ0v) is 11.8. The van der Waals surface area contributed by atoms with Crippen LogP contribution in [0.2, 0.25) is 5.15 Å². The van der Waals surface area contributed by atoms with Crippen molar-refractivity contribution in [1.29, 1.82) is 0 Å². The van der Waals surface area contributed by atoms with Gasteiger partial charge in [-0.25, -0.2) is 9.97 Å². The van der Waals surface area contributed by atoms with E-state index >= 15 is 0 Å². The topological polar surface area (TPSA) is 55.6 Å². The summed E-state index contributed by atoms with van der Waals surface area (Å²) in [5, 5.41) is 8.01. The van der Waals surface area contributed by atoms with Crippen LogP contribution >= 0.6 is 11.6 Å². The molecule has 1 N–H and O–H groups in total. The average molecular weight is 278 g/mol. The van der Waals surface area contributed by atoms with Crippen molar-refractivity contribution in [1.82, 2.24) is 19.7 Å². The van der Waals surface area contributed by atoms with E-state index in [9.17, 15) is 0 Å². The summed E-state index contributed by atoms with van der Waals surface area (Å²) in [7, 11) is 1.94. The molecule has 0 unspecified atom stereocenters. The van der Waals surface area contributed by atoms with E-state index in [2.05, 4.69) is 20.4 Å². The van der Waals surface area contributed by atoms with Gasteiger partial charge in [0.15, 0.2) is 0 Å². The van der Waals surface area contributed by atoms with Gasteiger partial charge in [-0.1, -0.05) is 11.6 Å². The third-order valence-corrected chi connectivity index (χ3v) is 3.65. The van der Waals surface area contributed by atoms with Gasteiger partial charge in [0.25, 0.3) is 0 Å². The average Bonchev–Trinajstić information content (AvgIpc) is 3.17. The van der Waals surface area contributed by atoms with Crippen LogP contribution in [0.1, 0.15) is 35.8 Å². The lowest BCUT2D eigenvalue weighted by molar-refractivity contribution is 0.738. The highest BCUT2D eigenvalue weighted by atomic mass is 35.5. The predicted octanol–water partition coefficient (Wildman–Crippen LogP) is 2.66. The molecule has 0 saturated heterocycles. The van der Waals surface area contributed by atoms with E-state index in [1.807, 2.05) is 24.9 Å². The highest BCUT2D eigenvalue weighted by Gasteiger charge is 2.27. The highest BCUT2D eigenvalue weighted by Crippen LogP contribution is 2.38. The summed E-state index contributed by atoms with van der Waals surface area (Å²) in [5.74, 6) is 2.14. The molecule has 1 fully saturated rings. The monoisotopic (exact) mass is 277 g/mol. The number of aryl methyl sites for hydroxylation is 1. The van der Waals surface area contributed by atoms with Crippen molar-refractivity contribution < 1.29 is 0 Å². The highest BCUT2D eigenvalue weighted by molar-refractivity contribution is 6.29. The van der Waals surface area contributed by atoms with Gasteiger partial charge in [-0.3, -0.25) is 4.68 Å². The minimum Gasteiger partial charge on any atom is -0.366 e. The second-order valence-corrected chi connectivity index (χ2v) is 5.33. The van der Waals surface area contributed by atoms with Crippen LogP contribution < -0.4 is 5.32 Å². The molecule has 1 aliphatic carbocycles. The zero-order chi connectivity index (χ0) is 13.4. The van der Waals surface area contributed by atoms with Gasteiger partial charge < -0.3 is 5.32 Å². The summed E-state index contributed by atoms with van der Waals surface area (Å²) >= 11 is 6.03. The molecule has 6 heteroatoms. The third kappa shape index (κ3) is 2.71. The fraction of sp³-hybridized carbons (Fsp3) is 0.462. The molecule has 19 heavy (non-hydrogen) atoms. The second-order valence-electron chi connectivity index (χ2n) is 4.94. The third-order valence-electron chi connectivity index (χ3n) is 3.45. The zero-order valence-electron chi connectivity index (χ0n) is 11.0. The van der Waals surface area contributed by atoms with Crippen LogP contribution in [-0.4, -0.2) is 19.7 Å². The Hall–Kier alpha value is -1.62. The number of nitrogens with zero attached hydrogens (tertiary/aromatic N) is 4. The number of nitrogens with one attached hydrogen (secondary N) is 1. The van der Waals surface area contributed by atoms with Crippen molar-refractivity contribution in [3.63, 3.8) is 0 Å². The van der Waals surface area contributed by atoms with E-state index in [-0.39, 0.29) is 0 Å². The minimum absolute atomic E-state index is 0.499. The number of hydrogen-bond donors (Lipinski definition) is 1. The van der Waals surface area contributed by atoms with Crippen LogP contribution in [0.3, 0.4) is 0 Å². The first-order chi connectivity index (χ1) is 9.13. The molecule has 0 spiro atoms. The molecule has 5 nitrogen and oxygen atoms in total. The van der Waals surface area contributed by atoms with Crippen molar-refractivity contribution >= 4 is 17.4 Å². The molecule has 2 aromatic heterocycles. The SMILES string of the molecule is Cc1c(CNc2cc(Cl)nc(C3CC3)n2)cnn1C. The van der Waals surface area contributed by atoms with E-state index < -0.39 is 0 Å². The lowest BCUT2D eigenvalue weighted by Gasteiger charge is -2.07. The first kappa shape index (κ1) is 12.4. The van der Waals surface area contributed by atoms with Gasteiger partial charge in [-0.05, 0) is 19.8 Å². The van der Waals surface area contributed by atoms with E-state index in [4.69, 9.17) is 11.6 Å². The Balaban J connectivity index is 1.74. The Morgan fingerprint density at radius 3 is 2.84 bits per heavy atom. The molecule has 0 radical (unpaired) electrons. The van der Waals surface area contributed by atoms with Crippen LogP contribution in [0.15, 0.2) is 12.3 Å². The number of hydrogen-bond acceptors (Lipinski definition) is 4. The quantitative estimate of drug-likeness (QED) is 0.873. The van der Waals surface area contributed by atoms with Crippen molar-refractivity contribution in [2.45, 2.75) is 32.2 Å². The van der Waals surface area contributed by atoms with Crippen LogP contribution in [0.25, 0.3) is 0 Å². The second kappa shape index (κ2) is 4.81. The summed E-state index contributed by atoms with van der Waals surface area (Å²) in [5.41, 5.74) is 2.31. The van der Waals surface area contributed by atoms with E-state index in [0.717, 1.165) is 22.9 Å². The fourth-order valence-electron chi connectivity index (χ4n) is 1.95. The Kier molecular flexibility index (Phi) is 3.14. The lowest BCUT2D eigenvalue weighted by atomic mass is 10.2. The summed E-state index contributed by atoms with van der Waals surface area (Å²) in [4.78, 5) is 8.78. The maximum absolute atomic E-state index is 6.03. The van der Waals surface area contributed by atoms with Crippen LogP contribution in [0.4, 0.5) is 5.82 Å². The summed E-state index contributed by atoms with van der Waals surface area (Å²) in [6.45, 7) is 2.74. The molecule has 1 saturated carbocycles. The molecule has 3 rings (SSSR count). The van der Waals surface area contributed by atoms with Gasteiger partial charge in [-0.15, -0.1) is 0 Å². The predicted molar refractivity (Wildman–Crippen MR) is 74.3 cm³/mol. The number of rotatable bonds is 4. The number of aromatic nitrogens is 4. The Morgan fingerprint density at radius 2 is 2.21 bits per heavy atom. The molecule has 0 bridgehead atoms. The molecule has 0 aromatic carbocycles. The summed E-state index contributed by atoms with van der Waals surface area (Å²) in [6, 6.07) is 1.76. The van der Waals surface area contributed by atoms with Crippen LogP contribution in [0, 0.1) is 6.92 Å². The van der Waals surface area contributed by atoms with Gasteiger partial charge in [0.05, 0.1) is 6.20 Å². The fourth-order valence-corrected chi connectivity index (χ4v) is 2.14. The first-order valence-electron chi connectivity index (χ1n) is 6.39. The standard InChI is InChI=1S/C13H16ClN5/c1-8-10(7-16-19(8)2)6-15-12-5-11(14)17-13(18-12)9-3-4-9/h5,7,9H,3-4,6H2,1-2H3,(H,15,17,18). The molecule has 100 valence electrons. The van der Waals surface area contributed by atoms with Crippen LogP contribution in [0.5, 0.6) is 0 Å². The molecular weight excluding hydrogens is 262 g/mol. The van der Waals surface area contributed by atoms with Gasteiger partial charge in [0, 0.05) is 36.8 Å². The molecule has 2 heterocycles. The van der Waals surface area contributed by atoms with Crippen molar-refractivity contribution in [3.05, 3.63) is 34.5 Å². The summed E-state index contributed by atoms with van der Waals surface area (Å²) < 4.78 is 1.86. The van der Waals surface area contributed by atoms with Gasteiger partial charge in [0.2, 0.25) is 0 Å². The maximum atomic E-state index is 6.03. The van der Waals surface area contributed by atoms with Crippen molar-refractivity contribution in [3.8, 4) is 0 Å². The van der Waals surface area contributed by atoms with Gasteiger partial charge in [0.1, 0.15) is 16.8 Å². The molecule has 1 aliphatic rings. The maximum Gasteiger partial charge on any atom is 0.135 e. The first-order valence-corrected chi connectivity index (χ1v) is 6.77. The van der Waals surface area contributed by atoms with Crippen molar-refractivity contribution in [2.24, 2.45) is 7.05 Å². The molecule has 2 aromatic rings. The van der Waals surface area contributed by atoms with Gasteiger partial charge >= 0.3 is 0 Å². The molecule has 0 amide bonds. The molecular formula is C13H16ClN5. The smallest absolute Gasteiger partial charge is 0.135 e. The van der Waals surface area contributed by atoms with Crippen molar-refractivity contribution in [2.75, 3.05) is 5.32 Å². The van der Waals surface area contributed by atoms with E-state index in [1.54, 1.807) is 6.07 Å².